The monoisotopic (exact) mass is 495 g/mol. The minimum atomic E-state index is -4.69. The fraction of sp³-hybridized carbons (Fsp3) is 0.115. The smallest absolute Gasteiger partial charge is 0.277 e. The summed E-state index contributed by atoms with van der Waals surface area (Å²) in [6.07, 6.45) is 1.87. The largest absolute Gasteiger partial charge is 0.296 e. The Balaban J connectivity index is 2.45. The molecule has 0 aliphatic heterocycles. The van der Waals surface area contributed by atoms with Crippen molar-refractivity contribution in [2.45, 2.75) is 30.6 Å². The van der Waals surface area contributed by atoms with Crippen LogP contribution in [0.2, 0.25) is 0 Å². The summed E-state index contributed by atoms with van der Waals surface area (Å²) >= 11 is 0. The van der Waals surface area contributed by atoms with Crippen LogP contribution in [0.25, 0.3) is 5.57 Å². The number of aldehydes is 1. The van der Waals surface area contributed by atoms with E-state index >= 15 is 0 Å². The zero-order chi connectivity index (χ0) is 24.9. The van der Waals surface area contributed by atoms with Crippen LogP contribution < -0.4 is 0 Å². The molecular weight excluding hydrogens is 470 g/mol. The van der Waals surface area contributed by atoms with Crippen LogP contribution in [0, 0.1) is 6.92 Å². The molecule has 0 bridgehead atoms. The van der Waals surface area contributed by atoms with E-state index in [9.17, 15) is 21.6 Å². The molecule has 0 amide bonds. The van der Waals surface area contributed by atoms with Gasteiger partial charge in [0.05, 0.1) is 9.79 Å². The highest BCUT2D eigenvalue weighted by atomic mass is 32.3. The summed E-state index contributed by atoms with van der Waals surface area (Å²) < 4.78 is 55.3. The Hall–Kier alpha value is -3.49. The molecule has 34 heavy (non-hydrogen) atoms. The van der Waals surface area contributed by atoms with Crippen molar-refractivity contribution in [1.29, 1.82) is 0 Å². The van der Waals surface area contributed by atoms with E-state index in [1.54, 1.807) is 56.3 Å². The molecule has 8 heteroatoms. The van der Waals surface area contributed by atoms with E-state index in [-0.39, 0.29) is 25.4 Å². The lowest BCUT2D eigenvalue weighted by atomic mass is 10.0. The van der Waals surface area contributed by atoms with Crippen molar-refractivity contribution in [2.75, 3.05) is 0 Å². The maximum absolute atomic E-state index is 13.8. The van der Waals surface area contributed by atoms with Crippen LogP contribution in [0.1, 0.15) is 25.0 Å². The quantitative estimate of drug-likeness (QED) is 0.251. The van der Waals surface area contributed by atoms with E-state index in [1.165, 1.54) is 48.5 Å². The number of hydrogen-bond acceptors (Lipinski definition) is 5. The molecule has 6 nitrogen and oxygen atoms in total. The number of sulfonamides is 2. The fourth-order valence-electron chi connectivity index (χ4n) is 3.30. The number of hydrogen-bond donors (Lipinski definition) is 0. The van der Waals surface area contributed by atoms with Crippen molar-refractivity contribution in [3.05, 3.63) is 113 Å². The second-order valence-corrected chi connectivity index (χ2v) is 11.6. The summed E-state index contributed by atoms with van der Waals surface area (Å²) in [6.45, 7) is 5.44. The summed E-state index contributed by atoms with van der Waals surface area (Å²) in [5, 5.41) is 0. The van der Waals surface area contributed by atoms with Crippen LogP contribution in [-0.2, 0) is 24.8 Å². The minimum Gasteiger partial charge on any atom is -0.296 e. The molecule has 3 aromatic rings. The lowest BCUT2D eigenvalue weighted by Crippen LogP contribution is -2.37. The number of nitrogens with zero attached hydrogens (tertiary/aromatic N) is 1. The van der Waals surface area contributed by atoms with E-state index in [2.05, 4.69) is 0 Å². The average Bonchev–Trinajstić information content (AvgIpc) is 2.82. The normalized spacial score (nSPS) is 12.4. The highest BCUT2D eigenvalue weighted by Gasteiger charge is 2.39. The molecule has 3 rings (SSSR count). The summed E-state index contributed by atoms with van der Waals surface area (Å²) in [4.78, 5) is 12.0. The van der Waals surface area contributed by atoms with Gasteiger partial charge in [-0.25, -0.2) is 16.8 Å². The molecule has 0 unspecified atom stereocenters. The molecule has 0 saturated carbocycles. The van der Waals surface area contributed by atoms with Crippen LogP contribution in [0.5, 0.6) is 0 Å². The zero-order valence-corrected chi connectivity index (χ0v) is 20.7. The Labute approximate surface area is 201 Å². The van der Waals surface area contributed by atoms with Gasteiger partial charge >= 0.3 is 0 Å². The highest BCUT2D eigenvalue weighted by molar-refractivity contribution is 8.04. The van der Waals surface area contributed by atoms with Gasteiger partial charge in [-0.1, -0.05) is 77.9 Å². The van der Waals surface area contributed by atoms with Crippen molar-refractivity contribution in [2.24, 2.45) is 0 Å². The van der Waals surface area contributed by atoms with Crippen molar-refractivity contribution < 1.29 is 21.6 Å². The molecule has 0 N–H and O–H groups in total. The summed E-state index contributed by atoms with van der Waals surface area (Å²) in [6, 6.07) is 21.4. The number of carbonyl (C=O) groups is 1. The Morgan fingerprint density at radius 2 is 1.15 bits per heavy atom. The first kappa shape index (κ1) is 25.1. The number of benzene rings is 3. The predicted octanol–water partition coefficient (Wildman–Crippen LogP) is 4.95. The summed E-state index contributed by atoms with van der Waals surface area (Å²) in [5.74, 6) is 0. The molecule has 0 fully saturated rings. The predicted molar refractivity (Wildman–Crippen MR) is 133 cm³/mol. The molecule has 0 spiro atoms. The Bertz CT molecular complexity index is 1370. The fourth-order valence-corrected chi connectivity index (χ4v) is 7.03. The first-order chi connectivity index (χ1) is 16.1. The average molecular weight is 496 g/mol. The minimum absolute atomic E-state index is 0.175. The molecule has 0 radical (unpaired) electrons. The van der Waals surface area contributed by atoms with Crippen molar-refractivity contribution in [3.63, 3.8) is 0 Å². The summed E-state index contributed by atoms with van der Waals surface area (Å²) in [5.41, 5.74) is 1.89. The number of aryl methyl sites for hydroxylation is 1. The van der Waals surface area contributed by atoms with Gasteiger partial charge in [-0.05, 0) is 50.6 Å². The van der Waals surface area contributed by atoms with Gasteiger partial charge in [0.15, 0.2) is 6.29 Å². The summed E-state index contributed by atoms with van der Waals surface area (Å²) in [7, 11) is -9.38. The Kier molecular flexibility index (Phi) is 7.54. The molecule has 0 aliphatic rings. The number of allylic oxidation sites excluding steroid dienone is 4. The Morgan fingerprint density at radius 1 is 0.706 bits per heavy atom. The van der Waals surface area contributed by atoms with Gasteiger partial charge in [0.1, 0.15) is 5.70 Å². The maximum Gasteiger partial charge on any atom is 0.277 e. The van der Waals surface area contributed by atoms with Crippen LogP contribution in [-0.4, -0.2) is 26.8 Å². The van der Waals surface area contributed by atoms with Gasteiger partial charge in [0.2, 0.25) is 0 Å². The molecule has 0 atom stereocenters. The standard InChI is InChI=1S/C26H25NO5S2/c1-20(2)18-25(22-16-14-21(3)15-17-22)26(19-28)27(33(29,30)23-10-6-4-7-11-23)34(31,32)24-12-8-5-9-13-24/h4-19H,1-3H3/b26-25+. The van der Waals surface area contributed by atoms with E-state index in [1.807, 2.05) is 6.92 Å². The molecule has 3 aromatic carbocycles. The van der Waals surface area contributed by atoms with Crippen molar-refractivity contribution >= 4 is 31.9 Å². The molecule has 0 aromatic heterocycles. The molecule has 0 saturated heterocycles. The van der Waals surface area contributed by atoms with E-state index in [4.69, 9.17) is 0 Å². The SMILES string of the molecule is CC(C)=C/C(=C(/C=O)N(S(=O)(=O)c1ccccc1)S(=O)(=O)c1ccccc1)c1ccc(C)cc1. The molecule has 0 aliphatic carbocycles. The van der Waals surface area contributed by atoms with Gasteiger partial charge in [-0.15, -0.1) is 0 Å². The van der Waals surface area contributed by atoms with Crippen LogP contribution in [0.4, 0.5) is 0 Å². The van der Waals surface area contributed by atoms with Gasteiger partial charge in [0, 0.05) is 5.57 Å². The van der Waals surface area contributed by atoms with Gasteiger partial charge in [-0.3, -0.25) is 4.79 Å². The van der Waals surface area contributed by atoms with E-state index < -0.39 is 25.7 Å². The number of carbonyl (C=O) groups excluding carboxylic acids is 1. The lowest BCUT2D eigenvalue weighted by Gasteiger charge is -2.25. The Morgan fingerprint density at radius 3 is 1.53 bits per heavy atom. The van der Waals surface area contributed by atoms with Gasteiger partial charge in [0.25, 0.3) is 20.0 Å². The molecule has 176 valence electrons. The topological polar surface area (TPSA) is 88.6 Å². The second kappa shape index (κ2) is 10.2. The lowest BCUT2D eigenvalue weighted by molar-refractivity contribution is -0.105. The third-order valence-electron chi connectivity index (χ3n) is 4.90. The maximum atomic E-state index is 13.8. The van der Waals surface area contributed by atoms with Crippen molar-refractivity contribution in [3.8, 4) is 0 Å². The van der Waals surface area contributed by atoms with Crippen LogP contribution >= 0.6 is 0 Å². The van der Waals surface area contributed by atoms with Gasteiger partial charge in [-0.2, -0.15) is 3.71 Å². The van der Waals surface area contributed by atoms with E-state index in [0.29, 0.717) is 5.56 Å². The highest BCUT2D eigenvalue weighted by Crippen LogP contribution is 2.33. The van der Waals surface area contributed by atoms with Crippen molar-refractivity contribution in [1.82, 2.24) is 3.71 Å². The zero-order valence-electron chi connectivity index (χ0n) is 19.0. The molecular formula is C26H25NO5S2. The van der Waals surface area contributed by atoms with Gasteiger partial charge < -0.3 is 0 Å². The molecule has 0 heterocycles. The first-order valence-electron chi connectivity index (χ1n) is 10.4. The first-order valence-corrected chi connectivity index (χ1v) is 13.3. The van der Waals surface area contributed by atoms with Crippen LogP contribution in [0.3, 0.4) is 0 Å². The van der Waals surface area contributed by atoms with E-state index in [0.717, 1.165) is 11.1 Å². The number of rotatable bonds is 8. The van der Waals surface area contributed by atoms with Crippen LogP contribution in [0.15, 0.2) is 112 Å². The third-order valence-corrected chi connectivity index (χ3v) is 9.08. The second-order valence-electron chi connectivity index (χ2n) is 7.84. The third kappa shape index (κ3) is 5.18.